The van der Waals surface area contributed by atoms with Crippen molar-refractivity contribution in [2.75, 3.05) is 5.32 Å². The highest BCUT2D eigenvalue weighted by Gasteiger charge is 2.34. The Labute approximate surface area is 190 Å². The van der Waals surface area contributed by atoms with Crippen molar-refractivity contribution < 1.29 is 18.0 Å². The highest BCUT2D eigenvalue weighted by atomic mass is 19.4. The van der Waals surface area contributed by atoms with Gasteiger partial charge in [0.25, 0.3) is 0 Å². The van der Waals surface area contributed by atoms with Gasteiger partial charge >= 0.3 is 6.18 Å². The van der Waals surface area contributed by atoms with Crippen molar-refractivity contribution in [3.63, 3.8) is 0 Å². The maximum atomic E-state index is 13.3. The van der Waals surface area contributed by atoms with Crippen LogP contribution in [0.15, 0.2) is 59.7 Å². The summed E-state index contributed by atoms with van der Waals surface area (Å²) in [6.45, 7) is 5.67. The molecule has 0 saturated carbocycles. The molecule has 2 heterocycles. The van der Waals surface area contributed by atoms with Crippen LogP contribution in [0.3, 0.4) is 0 Å². The Kier molecular flexibility index (Phi) is 6.06. The van der Waals surface area contributed by atoms with Crippen molar-refractivity contribution in [1.29, 1.82) is 0 Å². The summed E-state index contributed by atoms with van der Waals surface area (Å²) in [7, 11) is 0. The molecule has 7 heteroatoms. The number of anilines is 1. The Hall–Kier alpha value is -3.48. The Morgan fingerprint density at radius 3 is 2.48 bits per heavy atom. The van der Waals surface area contributed by atoms with Gasteiger partial charge in [0.15, 0.2) is 0 Å². The summed E-state index contributed by atoms with van der Waals surface area (Å²) >= 11 is 0. The summed E-state index contributed by atoms with van der Waals surface area (Å²) in [5.41, 5.74) is 3.87. The largest absolute Gasteiger partial charge is 0.416 e. The van der Waals surface area contributed by atoms with E-state index in [0.717, 1.165) is 34.9 Å². The van der Waals surface area contributed by atoms with E-state index in [0.29, 0.717) is 17.3 Å². The average Bonchev–Trinajstić information content (AvgIpc) is 2.90. The fourth-order valence-electron chi connectivity index (χ4n) is 3.95. The molecule has 4 rings (SSSR count). The minimum Gasteiger partial charge on any atom is -0.324 e. The maximum absolute atomic E-state index is 13.3. The smallest absolute Gasteiger partial charge is 0.324 e. The normalized spacial score (nSPS) is 13.9. The summed E-state index contributed by atoms with van der Waals surface area (Å²) in [5.74, 6) is 0.0809. The predicted octanol–water partition coefficient (Wildman–Crippen LogP) is 6.74. The van der Waals surface area contributed by atoms with E-state index in [1.165, 1.54) is 13.0 Å². The average molecular weight is 451 g/mol. The van der Waals surface area contributed by atoms with Crippen molar-refractivity contribution in [3.8, 4) is 11.1 Å². The second kappa shape index (κ2) is 8.81. The number of carbonyl (C=O) groups is 1. The zero-order valence-corrected chi connectivity index (χ0v) is 18.6. The molecular weight excluding hydrogens is 427 g/mol. The van der Waals surface area contributed by atoms with E-state index in [9.17, 15) is 18.0 Å². The Morgan fingerprint density at radius 2 is 1.76 bits per heavy atom. The number of hydrogen-bond acceptors (Lipinski definition) is 3. The molecule has 1 aliphatic heterocycles. The number of alkyl halides is 3. The van der Waals surface area contributed by atoms with Gasteiger partial charge in [0.05, 0.1) is 29.1 Å². The summed E-state index contributed by atoms with van der Waals surface area (Å²) in [6.07, 6.45) is -1.88. The van der Waals surface area contributed by atoms with Crippen molar-refractivity contribution in [2.45, 2.75) is 39.8 Å². The molecule has 0 saturated heterocycles. The molecule has 0 unspecified atom stereocenters. The Bertz CT molecular complexity index is 1250. The number of benzene rings is 2. The van der Waals surface area contributed by atoms with Crippen LogP contribution in [0.25, 0.3) is 11.1 Å². The number of aromatic nitrogens is 1. The standard InChI is InChI=1S/C26H24F3N3O/c1-15(2)9-20-12-18(7-8-30-20)17-5-4-6-19(11-17)22-14-25(33)32-24-13-21(26(27,28)29)16(3)10-23(24)31-22/h4-8,10-13,15H,9,14H2,1-3H3,(H,32,33). The van der Waals surface area contributed by atoms with Crippen LogP contribution in [-0.2, 0) is 17.4 Å². The van der Waals surface area contributed by atoms with E-state index in [1.54, 1.807) is 6.20 Å². The molecule has 4 nitrogen and oxygen atoms in total. The number of nitrogens with one attached hydrogen (secondary N) is 1. The van der Waals surface area contributed by atoms with Crippen LogP contribution in [0, 0.1) is 12.8 Å². The molecule has 33 heavy (non-hydrogen) atoms. The van der Waals surface area contributed by atoms with Gasteiger partial charge in [0.2, 0.25) is 5.91 Å². The number of nitrogens with zero attached hydrogens (tertiary/aromatic N) is 2. The Morgan fingerprint density at radius 1 is 1.03 bits per heavy atom. The predicted molar refractivity (Wildman–Crippen MR) is 124 cm³/mol. The van der Waals surface area contributed by atoms with E-state index in [4.69, 9.17) is 0 Å². The van der Waals surface area contributed by atoms with Crippen molar-refractivity contribution >= 4 is 23.0 Å². The lowest BCUT2D eigenvalue weighted by Gasteiger charge is -2.13. The number of aliphatic imine (C=N–C) groups is 1. The van der Waals surface area contributed by atoms with Gasteiger partial charge in [-0.25, -0.2) is 0 Å². The van der Waals surface area contributed by atoms with Crippen molar-refractivity contribution in [2.24, 2.45) is 10.9 Å². The molecule has 0 radical (unpaired) electrons. The molecule has 0 bridgehead atoms. The summed E-state index contributed by atoms with van der Waals surface area (Å²) < 4.78 is 39.9. The highest BCUT2D eigenvalue weighted by molar-refractivity contribution is 6.17. The summed E-state index contributed by atoms with van der Waals surface area (Å²) in [4.78, 5) is 21.5. The van der Waals surface area contributed by atoms with Crippen LogP contribution in [0.2, 0.25) is 0 Å². The fourth-order valence-corrected chi connectivity index (χ4v) is 3.95. The molecule has 170 valence electrons. The van der Waals surface area contributed by atoms with Crippen LogP contribution in [-0.4, -0.2) is 16.6 Å². The first-order valence-corrected chi connectivity index (χ1v) is 10.7. The van der Waals surface area contributed by atoms with Crippen molar-refractivity contribution in [3.05, 3.63) is 77.1 Å². The number of pyridine rings is 1. The van der Waals surface area contributed by atoms with E-state index < -0.39 is 17.6 Å². The zero-order valence-electron chi connectivity index (χ0n) is 18.6. The molecule has 1 aliphatic rings. The van der Waals surface area contributed by atoms with Crippen molar-refractivity contribution in [1.82, 2.24) is 4.98 Å². The van der Waals surface area contributed by atoms with E-state index in [-0.39, 0.29) is 17.7 Å². The van der Waals surface area contributed by atoms with Crippen LogP contribution in [0.1, 0.15) is 42.7 Å². The molecule has 1 aromatic heterocycles. The van der Waals surface area contributed by atoms with Crippen LogP contribution in [0.5, 0.6) is 0 Å². The molecule has 0 aliphatic carbocycles. The van der Waals surface area contributed by atoms with Crippen LogP contribution >= 0.6 is 0 Å². The van der Waals surface area contributed by atoms with Gasteiger partial charge in [0, 0.05) is 11.9 Å². The topological polar surface area (TPSA) is 54.4 Å². The third-order valence-corrected chi connectivity index (χ3v) is 5.47. The highest BCUT2D eigenvalue weighted by Crippen LogP contribution is 2.39. The van der Waals surface area contributed by atoms with Crippen LogP contribution in [0.4, 0.5) is 24.5 Å². The SMILES string of the molecule is Cc1cc2c(cc1C(F)(F)F)NC(=O)CC(c1cccc(-c3ccnc(CC(C)C)c3)c1)=N2. The Balaban J connectivity index is 1.74. The second-order valence-corrected chi connectivity index (χ2v) is 8.68. The number of halogens is 3. The molecule has 2 aromatic carbocycles. The molecule has 1 N–H and O–H groups in total. The second-order valence-electron chi connectivity index (χ2n) is 8.68. The monoisotopic (exact) mass is 451 g/mol. The van der Waals surface area contributed by atoms with Gasteiger partial charge in [-0.3, -0.25) is 14.8 Å². The number of carbonyl (C=O) groups excluding carboxylic acids is 1. The lowest BCUT2D eigenvalue weighted by atomic mass is 9.98. The van der Waals surface area contributed by atoms with Gasteiger partial charge in [0.1, 0.15) is 0 Å². The van der Waals surface area contributed by atoms with Gasteiger partial charge in [-0.1, -0.05) is 32.0 Å². The lowest BCUT2D eigenvalue weighted by molar-refractivity contribution is -0.138. The molecule has 0 fully saturated rings. The lowest BCUT2D eigenvalue weighted by Crippen LogP contribution is -2.15. The first kappa shape index (κ1) is 22.7. The van der Waals surface area contributed by atoms with Gasteiger partial charge in [-0.05, 0) is 71.8 Å². The molecule has 1 amide bonds. The molecular formula is C26H24F3N3O. The quantitative estimate of drug-likeness (QED) is 0.478. The van der Waals surface area contributed by atoms with E-state index in [1.807, 2.05) is 30.3 Å². The minimum atomic E-state index is -4.50. The first-order valence-electron chi connectivity index (χ1n) is 10.7. The number of fused-ring (bicyclic) bond motifs is 1. The number of aryl methyl sites for hydroxylation is 1. The summed E-state index contributed by atoms with van der Waals surface area (Å²) in [6, 6.07) is 14.0. The maximum Gasteiger partial charge on any atom is 0.416 e. The van der Waals surface area contributed by atoms with Gasteiger partial charge < -0.3 is 5.32 Å². The zero-order chi connectivity index (χ0) is 23.8. The van der Waals surface area contributed by atoms with E-state index in [2.05, 4.69) is 35.2 Å². The van der Waals surface area contributed by atoms with E-state index >= 15 is 0 Å². The third-order valence-electron chi connectivity index (χ3n) is 5.47. The fraction of sp³-hybridized carbons (Fsp3) is 0.269. The summed E-state index contributed by atoms with van der Waals surface area (Å²) in [5, 5.41) is 2.57. The number of rotatable bonds is 4. The molecule has 3 aromatic rings. The number of hydrogen-bond donors (Lipinski definition) is 1. The van der Waals surface area contributed by atoms with Gasteiger partial charge in [-0.2, -0.15) is 13.2 Å². The molecule has 0 atom stereocenters. The first-order chi connectivity index (χ1) is 15.6. The van der Waals surface area contributed by atoms with Gasteiger partial charge in [-0.15, -0.1) is 0 Å². The minimum absolute atomic E-state index is 0.0342. The molecule has 0 spiro atoms. The number of amides is 1. The van der Waals surface area contributed by atoms with Crippen LogP contribution < -0.4 is 5.32 Å². The third kappa shape index (κ3) is 5.13.